The first kappa shape index (κ1) is 32.2. The van der Waals surface area contributed by atoms with Crippen molar-refractivity contribution in [2.75, 3.05) is 5.01 Å². The largest absolute Gasteiger partial charge is 0.488 e. The summed E-state index contributed by atoms with van der Waals surface area (Å²) in [4.78, 5) is 5.03. The van der Waals surface area contributed by atoms with E-state index in [2.05, 4.69) is 43.7 Å². The second kappa shape index (κ2) is 14.4. The van der Waals surface area contributed by atoms with E-state index in [-0.39, 0.29) is 6.04 Å². The summed E-state index contributed by atoms with van der Waals surface area (Å²) in [5, 5.41) is 20.5. The maximum atomic E-state index is 6.43. The Kier molecular flexibility index (Phi) is 9.68. The molecule has 0 radical (unpaired) electrons. The van der Waals surface area contributed by atoms with E-state index in [1.807, 2.05) is 115 Å². The van der Waals surface area contributed by atoms with Gasteiger partial charge in [0.1, 0.15) is 12.4 Å². The molecule has 0 saturated carbocycles. The molecule has 1 aliphatic heterocycles. The lowest BCUT2D eigenvalue weighted by Gasteiger charge is -2.21. The van der Waals surface area contributed by atoms with Gasteiger partial charge in [0.05, 0.1) is 28.8 Å². The summed E-state index contributed by atoms with van der Waals surface area (Å²) in [5.41, 5.74) is 8.36. The number of aromatic nitrogens is 1. The van der Waals surface area contributed by atoms with Crippen LogP contribution in [-0.2, 0) is 6.61 Å². The van der Waals surface area contributed by atoms with Crippen molar-refractivity contribution in [2.24, 2.45) is 15.3 Å². The second-order valence-corrected chi connectivity index (χ2v) is 13.9. The molecule has 48 heavy (non-hydrogen) atoms. The highest BCUT2D eigenvalue weighted by atomic mass is 79.9. The predicted octanol–water partition coefficient (Wildman–Crippen LogP) is 12.5. The van der Waals surface area contributed by atoms with Crippen molar-refractivity contribution < 1.29 is 4.74 Å². The molecule has 1 atom stereocenters. The maximum absolute atomic E-state index is 6.43. The normalized spacial score (nSPS) is 14.5. The monoisotopic (exact) mass is 751 g/mol. The molecule has 238 valence electrons. The van der Waals surface area contributed by atoms with Crippen LogP contribution >= 0.6 is 50.5 Å². The van der Waals surface area contributed by atoms with Crippen LogP contribution in [0.4, 0.5) is 16.5 Å². The SMILES string of the molecule is Cc1ccc(N=Nc2ccc(OCc3ccc(Cl)cc3)c(C3=NN(c4nc(-c5ccc(Br)cc5)cs4)C(c4ccc(Cl)cc4)C3)c2)cc1. The van der Waals surface area contributed by atoms with Crippen molar-refractivity contribution in [3.05, 3.63) is 157 Å². The van der Waals surface area contributed by atoms with E-state index in [4.69, 9.17) is 38.0 Å². The summed E-state index contributed by atoms with van der Waals surface area (Å²) in [6.07, 6.45) is 0.616. The van der Waals surface area contributed by atoms with Gasteiger partial charge in [-0.3, -0.25) is 0 Å². The summed E-state index contributed by atoms with van der Waals surface area (Å²) in [7, 11) is 0. The van der Waals surface area contributed by atoms with Crippen LogP contribution in [0.2, 0.25) is 10.0 Å². The third-order valence-electron chi connectivity index (χ3n) is 7.89. The number of nitrogens with zero attached hydrogens (tertiary/aromatic N) is 5. The molecule has 1 unspecified atom stereocenters. The number of ether oxygens (including phenoxy) is 1. The lowest BCUT2D eigenvalue weighted by atomic mass is 9.98. The summed E-state index contributed by atoms with van der Waals surface area (Å²) in [6, 6.07) is 37.4. The third kappa shape index (κ3) is 7.53. The van der Waals surface area contributed by atoms with Crippen LogP contribution in [0.5, 0.6) is 5.75 Å². The number of aryl methyl sites for hydroxylation is 1. The summed E-state index contributed by atoms with van der Waals surface area (Å²) in [5.74, 6) is 0.699. The van der Waals surface area contributed by atoms with Crippen molar-refractivity contribution in [3.63, 3.8) is 0 Å². The quantitative estimate of drug-likeness (QED) is 0.138. The number of hydrogen-bond donors (Lipinski definition) is 0. The smallest absolute Gasteiger partial charge is 0.207 e. The first-order valence-corrected chi connectivity index (χ1v) is 17.6. The van der Waals surface area contributed by atoms with Gasteiger partial charge in [-0.05, 0) is 84.8 Å². The van der Waals surface area contributed by atoms with Gasteiger partial charge in [-0.1, -0.05) is 93.2 Å². The number of hydrazone groups is 1. The van der Waals surface area contributed by atoms with E-state index < -0.39 is 0 Å². The van der Waals surface area contributed by atoms with Crippen LogP contribution in [0.1, 0.15) is 34.7 Å². The van der Waals surface area contributed by atoms with Gasteiger partial charge in [0.15, 0.2) is 0 Å². The molecule has 0 saturated heterocycles. The molecule has 0 spiro atoms. The second-order valence-electron chi connectivity index (χ2n) is 11.3. The molecular weight excluding hydrogens is 725 g/mol. The number of hydrogen-bond acceptors (Lipinski definition) is 7. The average Bonchev–Trinajstić information content (AvgIpc) is 3.77. The van der Waals surface area contributed by atoms with E-state index >= 15 is 0 Å². The molecular formula is C38H28BrCl2N5OS. The first-order valence-electron chi connectivity index (χ1n) is 15.2. The van der Waals surface area contributed by atoms with E-state index in [9.17, 15) is 0 Å². The Hall–Kier alpha value is -4.34. The number of anilines is 1. The van der Waals surface area contributed by atoms with Crippen molar-refractivity contribution in [3.8, 4) is 17.0 Å². The highest BCUT2D eigenvalue weighted by molar-refractivity contribution is 9.10. The molecule has 0 aliphatic carbocycles. The molecule has 0 bridgehead atoms. The van der Waals surface area contributed by atoms with Crippen LogP contribution in [-0.4, -0.2) is 10.7 Å². The highest BCUT2D eigenvalue weighted by Crippen LogP contribution is 2.41. The van der Waals surface area contributed by atoms with E-state index in [1.165, 1.54) is 5.56 Å². The standard InChI is InChI=1S/C38H28BrCl2N5OS/c1-24-2-16-31(17-3-24)43-44-32-18-19-37(47-22-25-4-12-29(40)13-5-25)33(20-32)34-21-36(27-8-14-30(41)15-9-27)46(45-34)38-42-35(23-48-38)26-6-10-28(39)11-7-26/h2-20,23,36H,21-22H2,1H3. The lowest BCUT2D eigenvalue weighted by molar-refractivity contribution is 0.305. The first-order chi connectivity index (χ1) is 23.4. The van der Waals surface area contributed by atoms with Gasteiger partial charge in [0, 0.05) is 37.4 Å². The zero-order chi connectivity index (χ0) is 33.0. The van der Waals surface area contributed by atoms with Crippen molar-refractivity contribution in [1.82, 2.24) is 4.98 Å². The van der Waals surface area contributed by atoms with Gasteiger partial charge >= 0.3 is 0 Å². The molecule has 0 N–H and O–H groups in total. The van der Waals surface area contributed by atoms with Crippen LogP contribution in [0.25, 0.3) is 11.3 Å². The fourth-order valence-corrected chi connectivity index (χ4v) is 6.67. The molecule has 0 fully saturated rings. The zero-order valence-electron chi connectivity index (χ0n) is 25.7. The minimum absolute atomic E-state index is 0.108. The molecule has 6 aromatic rings. The zero-order valence-corrected chi connectivity index (χ0v) is 29.6. The third-order valence-corrected chi connectivity index (χ3v) is 9.75. The predicted molar refractivity (Wildman–Crippen MR) is 201 cm³/mol. The summed E-state index contributed by atoms with van der Waals surface area (Å²) in [6.45, 7) is 2.42. The molecule has 1 aromatic heterocycles. The van der Waals surface area contributed by atoms with Gasteiger partial charge in [-0.25, -0.2) is 9.99 Å². The maximum Gasteiger partial charge on any atom is 0.207 e. The van der Waals surface area contributed by atoms with Crippen molar-refractivity contribution >= 4 is 72.7 Å². The van der Waals surface area contributed by atoms with Gasteiger partial charge < -0.3 is 4.74 Å². The fraction of sp³-hybridized carbons (Fsp3) is 0.105. The topological polar surface area (TPSA) is 62.4 Å². The fourth-order valence-electron chi connectivity index (χ4n) is 5.32. The molecule has 2 heterocycles. The van der Waals surface area contributed by atoms with E-state index in [1.54, 1.807) is 11.3 Å². The highest BCUT2D eigenvalue weighted by Gasteiger charge is 2.33. The van der Waals surface area contributed by atoms with E-state index in [0.717, 1.165) is 49.0 Å². The van der Waals surface area contributed by atoms with Crippen molar-refractivity contribution in [1.29, 1.82) is 0 Å². The van der Waals surface area contributed by atoms with E-state index in [0.29, 0.717) is 34.5 Å². The summed E-state index contributed by atoms with van der Waals surface area (Å²) < 4.78 is 7.45. The number of rotatable bonds is 9. The minimum atomic E-state index is -0.108. The lowest BCUT2D eigenvalue weighted by Crippen LogP contribution is -2.18. The Bertz CT molecular complexity index is 2100. The van der Waals surface area contributed by atoms with Crippen LogP contribution in [0.15, 0.2) is 140 Å². The number of azo groups is 1. The van der Waals surface area contributed by atoms with Crippen molar-refractivity contribution in [2.45, 2.75) is 26.0 Å². The number of benzene rings is 5. The molecule has 10 heteroatoms. The van der Waals surface area contributed by atoms with Gasteiger partial charge in [-0.15, -0.1) is 11.3 Å². The van der Waals surface area contributed by atoms with Crippen LogP contribution < -0.4 is 9.75 Å². The average molecular weight is 754 g/mol. The van der Waals surface area contributed by atoms with Crippen LogP contribution in [0.3, 0.4) is 0 Å². The van der Waals surface area contributed by atoms with Gasteiger partial charge in [-0.2, -0.15) is 15.3 Å². The molecule has 0 amide bonds. The Morgan fingerprint density at radius 2 is 1.50 bits per heavy atom. The Labute approximate surface area is 301 Å². The molecule has 6 nitrogen and oxygen atoms in total. The van der Waals surface area contributed by atoms with Gasteiger partial charge in [0.25, 0.3) is 0 Å². The number of thiazole rings is 1. The minimum Gasteiger partial charge on any atom is -0.488 e. The summed E-state index contributed by atoms with van der Waals surface area (Å²) >= 11 is 17.5. The number of halogens is 3. The van der Waals surface area contributed by atoms with Gasteiger partial charge in [0.2, 0.25) is 5.13 Å². The molecule has 5 aromatic carbocycles. The van der Waals surface area contributed by atoms with Crippen LogP contribution in [0, 0.1) is 6.92 Å². The Morgan fingerprint density at radius 1 is 0.833 bits per heavy atom. The Morgan fingerprint density at radius 3 is 2.23 bits per heavy atom. The molecule has 1 aliphatic rings. The molecule has 7 rings (SSSR count). The Balaban J connectivity index is 1.27.